The number of amides is 2. The molecule has 7 heteroatoms. The molecule has 0 spiro atoms. The van der Waals surface area contributed by atoms with Crippen LogP contribution in [0.3, 0.4) is 0 Å². The highest BCUT2D eigenvalue weighted by atomic mass is 19.1. The molecular weight excluding hydrogens is 376 g/mol. The van der Waals surface area contributed by atoms with Crippen molar-refractivity contribution < 1.29 is 18.4 Å². The molecule has 5 nitrogen and oxygen atoms in total. The zero-order valence-electron chi connectivity index (χ0n) is 15.6. The summed E-state index contributed by atoms with van der Waals surface area (Å²) < 4.78 is 27.6. The second kappa shape index (κ2) is 8.60. The zero-order valence-corrected chi connectivity index (χ0v) is 15.6. The Labute approximate surface area is 166 Å². The van der Waals surface area contributed by atoms with Gasteiger partial charge in [-0.1, -0.05) is 30.3 Å². The summed E-state index contributed by atoms with van der Waals surface area (Å²) in [6.07, 6.45) is 2.87. The van der Waals surface area contributed by atoms with Gasteiger partial charge in [-0.15, -0.1) is 0 Å². The largest absolute Gasteiger partial charge is 0.368 e. The third-order valence-corrected chi connectivity index (χ3v) is 4.59. The van der Waals surface area contributed by atoms with E-state index in [2.05, 4.69) is 4.98 Å². The molecule has 148 valence electrons. The van der Waals surface area contributed by atoms with Crippen molar-refractivity contribution in [2.75, 3.05) is 0 Å². The predicted octanol–water partition coefficient (Wildman–Crippen LogP) is 3.79. The molecule has 2 aromatic carbocycles. The van der Waals surface area contributed by atoms with Gasteiger partial charge < -0.3 is 10.6 Å². The number of benzene rings is 2. The molecule has 0 aliphatic rings. The van der Waals surface area contributed by atoms with Crippen molar-refractivity contribution in [2.24, 2.45) is 5.73 Å². The molecule has 2 atom stereocenters. The molecule has 0 fully saturated rings. The SMILES string of the molecule is C[C@H](c1cc(F)cc(F)c1)N(C(=O)c1cccnc1)[C@@H](C(N)=O)c1ccccc1. The number of nitrogens with zero attached hydrogens (tertiary/aromatic N) is 2. The zero-order chi connectivity index (χ0) is 21.0. The summed E-state index contributed by atoms with van der Waals surface area (Å²) >= 11 is 0. The van der Waals surface area contributed by atoms with Gasteiger partial charge in [-0.2, -0.15) is 0 Å². The first-order valence-electron chi connectivity index (χ1n) is 8.91. The highest BCUT2D eigenvalue weighted by molar-refractivity contribution is 5.97. The minimum Gasteiger partial charge on any atom is -0.368 e. The summed E-state index contributed by atoms with van der Waals surface area (Å²) in [4.78, 5) is 30.9. The number of primary amides is 1. The lowest BCUT2D eigenvalue weighted by molar-refractivity contribution is -0.123. The molecule has 2 amide bonds. The molecule has 29 heavy (non-hydrogen) atoms. The summed E-state index contributed by atoms with van der Waals surface area (Å²) in [5.41, 5.74) is 6.57. The first-order valence-corrected chi connectivity index (χ1v) is 8.91. The van der Waals surface area contributed by atoms with E-state index < -0.39 is 35.5 Å². The van der Waals surface area contributed by atoms with Gasteiger partial charge in [0.15, 0.2) is 0 Å². The van der Waals surface area contributed by atoms with E-state index >= 15 is 0 Å². The number of aromatic nitrogens is 1. The van der Waals surface area contributed by atoms with Crippen LogP contribution < -0.4 is 5.73 Å². The van der Waals surface area contributed by atoms with Crippen LogP contribution in [0.5, 0.6) is 0 Å². The Kier molecular flexibility index (Phi) is 5.97. The Morgan fingerprint density at radius 1 is 0.966 bits per heavy atom. The molecule has 0 saturated carbocycles. The van der Waals surface area contributed by atoms with E-state index in [4.69, 9.17) is 5.73 Å². The maximum Gasteiger partial charge on any atom is 0.256 e. The molecule has 1 heterocycles. The summed E-state index contributed by atoms with van der Waals surface area (Å²) in [7, 11) is 0. The maximum atomic E-state index is 13.8. The first kappa shape index (κ1) is 20.1. The fourth-order valence-corrected chi connectivity index (χ4v) is 3.23. The Morgan fingerprint density at radius 3 is 2.17 bits per heavy atom. The summed E-state index contributed by atoms with van der Waals surface area (Å²) in [5, 5.41) is 0. The van der Waals surface area contributed by atoms with Gasteiger partial charge in [-0.05, 0) is 42.3 Å². The fourth-order valence-electron chi connectivity index (χ4n) is 3.23. The topological polar surface area (TPSA) is 76.3 Å². The Hall–Kier alpha value is -3.61. The molecule has 1 aromatic heterocycles. The van der Waals surface area contributed by atoms with Crippen LogP contribution in [0.4, 0.5) is 8.78 Å². The third kappa shape index (κ3) is 4.45. The highest BCUT2D eigenvalue weighted by Gasteiger charge is 2.35. The van der Waals surface area contributed by atoms with Crippen LogP contribution in [-0.4, -0.2) is 21.7 Å². The minimum atomic E-state index is -1.15. The van der Waals surface area contributed by atoms with E-state index in [1.807, 2.05) is 0 Å². The van der Waals surface area contributed by atoms with E-state index in [-0.39, 0.29) is 11.1 Å². The van der Waals surface area contributed by atoms with Crippen molar-refractivity contribution in [1.29, 1.82) is 0 Å². The Morgan fingerprint density at radius 2 is 1.62 bits per heavy atom. The molecule has 3 rings (SSSR count). The van der Waals surface area contributed by atoms with E-state index in [9.17, 15) is 18.4 Å². The minimum absolute atomic E-state index is 0.196. The number of pyridine rings is 1. The lowest BCUT2D eigenvalue weighted by Crippen LogP contribution is -2.43. The first-order chi connectivity index (χ1) is 13.9. The van der Waals surface area contributed by atoms with Crippen molar-refractivity contribution in [3.05, 3.63) is 101 Å². The van der Waals surface area contributed by atoms with Crippen LogP contribution in [0.1, 0.15) is 40.5 Å². The van der Waals surface area contributed by atoms with Crippen LogP contribution >= 0.6 is 0 Å². The summed E-state index contributed by atoms with van der Waals surface area (Å²) in [6, 6.07) is 12.6. The molecule has 3 aromatic rings. The predicted molar refractivity (Wildman–Crippen MR) is 104 cm³/mol. The van der Waals surface area contributed by atoms with Crippen molar-refractivity contribution in [1.82, 2.24) is 9.88 Å². The fraction of sp³-hybridized carbons (Fsp3) is 0.136. The standard InChI is InChI=1S/C22H19F2N3O2/c1-14(17-10-18(23)12-19(24)11-17)27(22(29)16-8-5-9-26-13-16)20(21(25)28)15-6-3-2-4-7-15/h2-14,20H,1H3,(H2,25,28)/t14-,20-/m1/s1. The second-order valence-corrected chi connectivity index (χ2v) is 6.55. The normalized spacial score (nSPS) is 12.8. The van der Waals surface area contributed by atoms with E-state index in [0.29, 0.717) is 5.56 Å². The van der Waals surface area contributed by atoms with Crippen LogP contribution in [0, 0.1) is 11.6 Å². The number of nitrogens with two attached hydrogens (primary N) is 1. The van der Waals surface area contributed by atoms with Crippen molar-refractivity contribution in [2.45, 2.75) is 19.0 Å². The average molecular weight is 395 g/mol. The van der Waals surface area contributed by atoms with Crippen molar-refractivity contribution in [3.8, 4) is 0 Å². The number of carbonyl (C=O) groups excluding carboxylic acids is 2. The van der Waals surface area contributed by atoms with Gasteiger partial charge in [-0.3, -0.25) is 14.6 Å². The quantitative estimate of drug-likeness (QED) is 0.690. The summed E-state index contributed by atoms with van der Waals surface area (Å²) in [6.45, 7) is 1.58. The van der Waals surface area contributed by atoms with Crippen LogP contribution in [0.25, 0.3) is 0 Å². The third-order valence-electron chi connectivity index (χ3n) is 4.59. The van der Waals surface area contributed by atoms with Crippen LogP contribution in [0.2, 0.25) is 0 Å². The molecule has 0 radical (unpaired) electrons. The molecule has 0 saturated heterocycles. The second-order valence-electron chi connectivity index (χ2n) is 6.55. The molecule has 0 unspecified atom stereocenters. The molecule has 0 bridgehead atoms. The monoisotopic (exact) mass is 395 g/mol. The number of rotatable bonds is 6. The smallest absolute Gasteiger partial charge is 0.256 e. The van der Waals surface area contributed by atoms with Gasteiger partial charge in [0.05, 0.1) is 11.6 Å². The van der Waals surface area contributed by atoms with Crippen molar-refractivity contribution in [3.63, 3.8) is 0 Å². The number of hydrogen-bond donors (Lipinski definition) is 1. The number of halogens is 2. The lowest BCUT2D eigenvalue weighted by atomic mass is 9.98. The molecule has 0 aliphatic carbocycles. The number of carbonyl (C=O) groups is 2. The molecule has 0 aliphatic heterocycles. The average Bonchev–Trinajstić information content (AvgIpc) is 2.71. The summed E-state index contributed by atoms with van der Waals surface area (Å²) in [5.74, 6) is -2.87. The molecular formula is C22H19F2N3O2. The molecule has 2 N–H and O–H groups in total. The maximum absolute atomic E-state index is 13.8. The Bertz CT molecular complexity index is 993. The van der Waals surface area contributed by atoms with Gasteiger partial charge in [0.2, 0.25) is 5.91 Å². The van der Waals surface area contributed by atoms with Crippen LogP contribution in [0.15, 0.2) is 73.1 Å². The number of hydrogen-bond acceptors (Lipinski definition) is 3. The van der Waals surface area contributed by atoms with Gasteiger partial charge >= 0.3 is 0 Å². The van der Waals surface area contributed by atoms with E-state index in [0.717, 1.165) is 18.2 Å². The van der Waals surface area contributed by atoms with Crippen molar-refractivity contribution >= 4 is 11.8 Å². The highest BCUT2D eigenvalue weighted by Crippen LogP contribution is 2.33. The van der Waals surface area contributed by atoms with Gasteiger partial charge in [0.1, 0.15) is 17.7 Å². The van der Waals surface area contributed by atoms with Gasteiger partial charge in [0.25, 0.3) is 5.91 Å². The van der Waals surface area contributed by atoms with Gasteiger partial charge in [0, 0.05) is 18.5 Å². The Balaban J connectivity index is 2.15. The van der Waals surface area contributed by atoms with E-state index in [1.165, 1.54) is 17.3 Å². The van der Waals surface area contributed by atoms with Crippen LogP contribution in [-0.2, 0) is 4.79 Å². The van der Waals surface area contributed by atoms with E-state index in [1.54, 1.807) is 49.4 Å². The van der Waals surface area contributed by atoms with Gasteiger partial charge in [-0.25, -0.2) is 8.78 Å². The lowest BCUT2D eigenvalue weighted by Gasteiger charge is -2.35.